The molecule has 1 spiro atoms. The van der Waals surface area contributed by atoms with E-state index in [1.807, 2.05) is 6.92 Å². The minimum Gasteiger partial charge on any atom is -0.466 e. The van der Waals surface area contributed by atoms with Crippen LogP contribution in [-0.2, 0) is 21.4 Å². The maximum absolute atomic E-state index is 11.9. The van der Waals surface area contributed by atoms with Gasteiger partial charge in [0.2, 0.25) is 0 Å². The third-order valence-corrected chi connectivity index (χ3v) is 4.27. The highest BCUT2D eigenvalue weighted by Crippen LogP contribution is 2.60. The molecule has 1 aromatic rings. The SMILES string of the molecule is CCOC(=O)[C@H]1C[C@]12CCCc1ccccc12. The van der Waals surface area contributed by atoms with E-state index >= 15 is 0 Å². The summed E-state index contributed by atoms with van der Waals surface area (Å²) in [7, 11) is 0. The second-order valence-corrected chi connectivity index (χ2v) is 5.18. The number of rotatable bonds is 2. The van der Waals surface area contributed by atoms with Gasteiger partial charge in [-0.25, -0.2) is 0 Å². The van der Waals surface area contributed by atoms with Crippen LogP contribution in [0.2, 0.25) is 0 Å². The Morgan fingerprint density at radius 3 is 3.12 bits per heavy atom. The van der Waals surface area contributed by atoms with Crippen LogP contribution in [-0.4, -0.2) is 12.6 Å². The van der Waals surface area contributed by atoms with Gasteiger partial charge in [-0.3, -0.25) is 4.79 Å². The van der Waals surface area contributed by atoms with Crippen molar-refractivity contribution in [1.82, 2.24) is 0 Å². The molecule has 0 aliphatic heterocycles. The molecular formula is C15H18O2. The second kappa shape index (κ2) is 3.86. The largest absolute Gasteiger partial charge is 0.466 e. The summed E-state index contributed by atoms with van der Waals surface area (Å²) in [6, 6.07) is 8.59. The molecule has 1 saturated carbocycles. The van der Waals surface area contributed by atoms with Crippen molar-refractivity contribution in [2.45, 2.75) is 38.0 Å². The molecule has 17 heavy (non-hydrogen) atoms. The first-order valence-corrected chi connectivity index (χ1v) is 6.53. The van der Waals surface area contributed by atoms with E-state index < -0.39 is 0 Å². The highest BCUT2D eigenvalue weighted by Gasteiger charge is 2.60. The average molecular weight is 230 g/mol. The standard InChI is InChI=1S/C15H18O2/c1-2-17-14(16)13-10-15(13)9-5-7-11-6-3-4-8-12(11)15/h3-4,6,8,13H,2,5,7,9-10H2,1H3/t13-,15+/m1/s1. The molecule has 0 bridgehead atoms. The van der Waals surface area contributed by atoms with Crippen LogP contribution in [0.4, 0.5) is 0 Å². The molecule has 90 valence electrons. The summed E-state index contributed by atoms with van der Waals surface area (Å²) in [6.07, 6.45) is 4.50. The fraction of sp³-hybridized carbons (Fsp3) is 0.533. The molecule has 0 saturated heterocycles. The van der Waals surface area contributed by atoms with Crippen LogP contribution in [0.25, 0.3) is 0 Å². The molecule has 2 heteroatoms. The second-order valence-electron chi connectivity index (χ2n) is 5.18. The van der Waals surface area contributed by atoms with Gasteiger partial charge in [0.15, 0.2) is 0 Å². The lowest BCUT2D eigenvalue weighted by Gasteiger charge is -2.26. The lowest BCUT2D eigenvalue weighted by Crippen LogP contribution is -2.22. The van der Waals surface area contributed by atoms with Crippen LogP contribution >= 0.6 is 0 Å². The van der Waals surface area contributed by atoms with Crippen molar-refractivity contribution in [2.75, 3.05) is 6.61 Å². The van der Waals surface area contributed by atoms with Gasteiger partial charge in [-0.05, 0) is 43.7 Å². The van der Waals surface area contributed by atoms with Crippen LogP contribution in [0.3, 0.4) is 0 Å². The van der Waals surface area contributed by atoms with E-state index in [0.717, 1.165) is 19.3 Å². The van der Waals surface area contributed by atoms with Crippen LogP contribution in [0, 0.1) is 5.92 Å². The van der Waals surface area contributed by atoms with Crippen LogP contribution < -0.4 is 0 Å². The Labute approximate surface area is 102 Å². The van der Waals surface area contributed by atoms with Gasteiger partial charge >= 0.3 is 5.97 Å². The Balaban J connectivity index is 1.90. The molecule has 0 amide bonds. The normalized spacial score (nSPS) is 29.8. The quantitative estimate of drug-likeness (QED) is 0.730. The van der Waals surface area contributed by atoms with Crippen molar-refractivity contribution in [3.05, 3.63) is 35.4 Å². The molecule has 3 rings (SSSR count). The molecule has 0 aromatic heterocycles. The topological polar surface area (TPSA) is 26.3 Å². The van der Waals surface area contributed by atoms with E-state index in [1.165, 1.54) is 17.5 Å². The Kier molecular flexibility index (Phi) is 2.46. The van der Waals surface area contributed by atoms with Crippen molar-refractivity contribution in [3.8, 4) is 0 Å². The number of hydrogen-bond acceptors (Lipinski definition) is 2. The fourth-order valence-corrected chi connectivity index (χ4v) is 3.38. The molecular weight excluding hydrogens is 212 g/mol. The summed E-state index contributed by atoms with van der Waals surface area (Å²) in [6.45, 7) is 2.37. The van der Waals surface area contributed by atoms with E-state index in [9.17, 15) is 4.79 Å². The summed E-state index contributed by atoms with van der Waals surface area (Å²) in [4.78, 5) is 11.9. The number of carbonyl (C=O) groups excluding carboxylic acids is 1. The Morgan fingerprint density at radius 2 is 2.29 bits per heavy atom. The van der Waals surface area contributed by atoms with Crippen molar-refractivity contribution in [3.63, 3.8) is 0 Å². The van der Waals surface area contributed by atoms with Crippen LogP contribution in [0.5, 0.6) is 0 Å². The minimum absolute atomic E-state index is 0.00389. The van der Waals surface area contributed by atoms with E-state index in [1.54, 1.807) is 0 Å². The van der Waals surface area contributed by atoms with Gasteiger partial charge in [0.25, 0.3) is 0 Å². The van der Waals surface area contributed by atoms with Crippen molar-refractivity contribution in [2.24, 2.45) is 5.92 Å². The zero-order valence-electron chi connectivity index (χ0n) is 10.2. The van der Waals surface area contributed by atoms with E-state index in [2.05, 4.69) is 24.3 Å². The number of hydrogen-bond donors (Lipinski definition) is 0. The number of aryl methyl sites for hydroxylation is 1. The first-order valence-electron chi connectivity index (χ1n) is 6.53. The molecule has 2 nitrogen and oxygen atoms in total. The minimum atomic E-state index is 0.00389. The van der Waals surface area contributed by atoms with E-state index in [-0.39, 0.29) is 17.3 Å². The van der Waals surface area contributed by atoms with Gasteiger partial charge in [0.1, 0.15) is 0 Å². The Bertz CT molecular complexity index is 452. The Morgan fingerprint density at radius 1 is 1.47 bits per heavy atom. The number of fused-ring (bicyclic) bond motifs is 2. The number of esters is 1. The van der Waals surface area contributed by atoms with E-state index in [0.29, 0.717) is 6.61 Å². The fourth-order valence-electron chi connectivity index (χ4n) is 3.38. The predicted molar refractivity (Wildman–Crippen MR) is 65.8 cm³/mol. The lowest BCUT2D eigenvalue weighted by atomic mass is 9.79. The number of carbonyl (C=O) groups is 1. The van der Waals surface area contributed by atoms with Crippen LogP contribution in [0.15, 0.2) is 24.3 Å². The maximum Gasteiger partial charge on any atom is 0.309 e. The van der Waals surface area contributed by atoms with E-state index in [4.69, 9.17) is 4.74 Å². The first kappa shape index (κ1) is 10.8. The van der Waals surface area contributed by atoms with Gasteiger partial charge in [-0.2, -0.15) is 0 Å². The molecule has 0 heterocycles. The van der Waals surface area contributed by atoms with Gasteiger partial charge in [-0.15, -0.1) is 0 Å². The summed E-state index contributed by atoms with van der Waals surface area (Å²) in [5.74, 6) is 0.119. The maximum atomic E-state index is 11.9. The zero-order chi connectivity index (χ0) is 11.9. The molecule has 2 aliphatic carbocycles. The average Bonchev–Trinajstić information content (AvgIpc) is 3.06. The van der Waals surface area contributed by atoms with Gasteiger partial charge in [0.05, 0.1) is 12.5 Å². The highest BCUT2D eigenvalue weighted by atomic mass is 16.5. The molecule has 2 atom stereocenters. The summed E-state index contributed by atoms with van der Waals surface area (Å²) in [5.41, 5.74) is 2.97. The molecule has 2 aliphatic rings. The third kappa shape index (κ3) is 1.58. The number of ether oxygens (including phenoxy) is 1. The predicted octanol–water partition coefficient (Wildman–Crippen LogP) is 2.84. The highest BCUT2D eigenvalue weighted by molar-refractivity contribution is 5.79. The van der Waals surface area contributed by atoms with Gasteiger partial charge < -0.3 is 4.74 Å². The molecule has 1 aromatic carbocycles. The number of benzene rings is 1. The van der Waals surface area contributed by atoms with Crippen LogP contribution in [0.1, 0.15) is 37.3 Å². The summed E-state index contributed by atoms with van der Waals surface area (Å²) >= 11 is 0. The smallest absolute Gasteiger partial charge is 0.309 e. The van der Waals surface area contributed by atoms with Crippen molar-refractivity contribution in [1.29, 1.82) is 0 Å². The third-order valence-electron chi connectivity index (χ3n) is 4.27. The van der Waals surface area contributed by atoms with Crippen molar-refractivity contribution >= 4 is 5.97 Å². The zero-order valence-corrected chi connectivity index (χ0v) is 10.2. The van der Waals surface area contributed by atoms with Crippen molar-refractivity contribution < 1.29 is 9.53 Å². The molecule has 0 N–H and O–H groups in total. The van der Waals surface area contributed by atoms with Gasteiger partial charge in [-0.1, -0.05) is 24.3 Å². The monoisotopic (exact) mass is 230 g/mol. The first-order chi connectivity index (χ1) is 8.28. The molecule has 0 unspecified atom stereocenters. The summed E-state index contributed by atoms with van der Waals surface area (Å²) < 4.78 is 5.17. The molecule has 0 radical (unpaired) electrons. The molecule has 1 fully saturated rings. The van der Waals surface area contributed by atoms with Gasteiger partial charge in [0, 0.05) is 5.41 Å². The summed E-state index contributed by atoms with van der Waals surface area (Å²) in [5, 5.41) is 0. The lowest BCUT2D eigenvalue weighted by molar-refractivity contribution is -0.145. The Hall–Kier alpha value is -1.31.